The predicted octanol–water partition coefficient (Wildman–Crippen LogP) is 2.40. The molecule has 0 aromatic carbocycles. The van der Waals surface area contributed by atoms with Crippen molar-refractivity contribution in [1.82, 2.24) is 10.2 Å². The SMILES string of the molecule is FC(F)(F)C1CNCCN(C2CCCCC2)C1. The van der Waals surface area contributed by atoms with Crippen LogP contribution in [-0.4, -0.2) is 43.3 Å². The van der Waals surface area contributed by atoms with E-state index in [1.807, 2.05) is 0 Å². The molecule has 1 unspecified atom stereocenters. The van der Waals surface area contributed by atoms with Gasteiger partial charge in [0.2, 0.25) is 0 Å². The van der Waals surface area contributed by atoms with E-state index in [-0.39, 0.29) is 13.1 Å². The molecule has 17 heavy (non-hydrogen) atoms. The Hall–Kier alpha value is -0.290. The fourth-order valence-electron chi connectivity index (χ4n) is 2.93. The van der Waals surface area contributed by atoms with Gasteiger partial charge in [-0.3, -0.25) is 4.90 Å². The van der Waals surface area contributed by atoms with Gasteiger partial charge in [-0.2, -0.15) is 13.2 Å². The van der Waals surface area contributed by atoms with Gasteiger partial charge in [-0.05, 0) is 12.8 Å². The van der Waals surface area contributed by atoms with Crippen molar-refractivity contribution in [2.75, 3.05) is 26.2 Å². The van der Waals surface area contributed by atoms with E-state index in [1.54, 1.807) is 0 Å². The van der Waals surface area contributed by atoms with Crippen LogP contribution in [0.5, 0.6) is 0 Å². The number of nitrogens with one attached hydrogen (secondary N) is 1. The Morgan fingerprint density at radius 3 is 2.41 bits per heavy atom. The molecule has 0 amide bonds. The Morgan fingerprint density at radius 2 is 1.76 bits per heavy atom. The summed E-state index contributed by atoms with van der Waals surface area (Å²) in [5.74, 6) is -1.20. The highest BCUT2D eigenvalue weighted by Crippen LogP contribution is 2.30. The summed E-state index contributed by atoms with van der Waals surface area (Å²) in [6.45, 7) is 1.70. The predicted molar refractivity (Wildman–Crippen MR) is 60.9 cm³/mol. The molecule has 0 spiro atoms. The highest BCUT2D eigenvalue weighted by Gasteiger charge is 2.42. The first-order chi connectivity index (χ1) is 8.07. The van der Waals surface area contributed by atoms with Crippen LogP contribution in [0.1, 0.15) is 32.1 Å². The minimum Gasteiger partial charge on any atom is -0.315 e. The van der Waals surface area contributed by atoms with Crippen LogP contribution in [0.2, 0.25) is 0 Å². The summed E-state index contributed by atoms with van der Waals surface area (Å²) in [6.07, 6.45) is 1.67. The second kappa shape index (κ2) is 5.57. The highest BCUT2D eigenvalue weighted by atomic mass is 19.4. The molecule has 2 rings (SSSR count). The van der Waals surface area contributed by atoms with Crippen LogP contribution >= 0.6 is 0 Å². The van der Waals surface area contributed by atoms with Gasteiger partial charge in [-0.1, -0.05) is 19.3 Å². The molecule has 1 N–H and O–H groups in total. The number of alkyl halides is 3. The van der Waals surface area contributed by atoms with E-state index in [2.05, 4.69) is 10.2 Å². The Bertz CT molecular complexity index is 236. The van der Waals surface area contributed by atoms with Crippen LogP contribution in [0, 0.1) is 5.92 Å². The molecule has 1 saturated heterocycles. The topological polar surface area (TPSA) is 15.3 Å². The maximum absolute atomic E-state index is 12.8. The zero-order valence-corrected chi connectivity index (χ0v) is 10.1. The number of hydrogen-bond donors (Lipinski definition) is 1. The molecule has 0 radical (unpaired) electrons. The first-order valence-corrected chi connectivity index (χ1v) is 6.59. The van der Waals surface area contributed by atoms with E-state index in [9.17, 15) is 13.2 Å². The van der Waals surface area contributed by atoms with Gasteiger partial charge in [0, 0.05) is 32.2 Å². The third-order valence-corrected chi connectivity index (χ3v) is 3.98. The van der Waals surface area contributed by atoms with Gasteiger partial charge in [0.25, 0.3) is 0 Å². The molecule has 2 nitrogen and oxygen atoms in total. The van der Waals surface area contributed by atoms with Crippen molar-refractivity contribution in [2.24, 2.45) is 5.92 Å². The fourth-order valence-corrected chi connectivity index (χ4v) is 2.93. The van der Waals surface area contributed by atoms with E-state index >= 15 is 0 Å². The molecule has 1 heterocycles. The van der Waals surface area contributed by atoms with Crippen LogP contribution in [0.15, 0.2) is 0 Å². The lowest BCUT2D eigenvalue weighted by Gasteiger charge is -2.35. The fraction of sp³-hybridized carbons (Fsp3) is 1.00. The summed E-state index contributed by atoms with van der Waals surface area (Å²) < 4.78 is 38.4. The molecule has 1 saturated carbocycles. The minimum absolute atomic E-state index is 0.0761. The summed E-state index contributed by atoms with van der Waals surface area (Å²) >= 11 is 0. The quantitative estimate of drug-likeness (QED) is 0.768. The molecular weight excluding hydrogens is 229 g/mol. The third-order valence-electron chi connectivity index (χ3n) is 3.98. The van der Waals surface area contributed by atoms with Crippen LogP contribution in [-0.2, 0) is 0 Å². The molecule has 1 aliphatic heterocycles. The van der Waals surface area contributed by atoms with Crippen molar-refractivity contribution in [3.63, 3.8) is 0 Å². The molecule has 0 aromatic heterocycles. The van der Waals surface area contributed by atoms with Gasteiger partial charge in [-0.15, -0.1) is 0 Å². The highest BCUT2D eigenvalue weighted by molar-refractivity contribution is 4.84. The third kappa shape index (κ3) is 3.58. The van der Waals surface area contributed by atoms with Gasteiger partial charge >= 0.3 is 6.18 Å². The lowest BCUT2D eigenvalue weighted by Crippen LogP contribution is -2.43. The summed E-state index contributed by atoms with van der Waals surface area (Å²) in [5.41, 5.74) is 0. The Kier molecular flexibility index (Phi) is 4.31. The largest absolute Gasteiger partial charge is 0.394 e. The van der Waals surface area contributed by atoms with Crippen LogP contribution in [0.25, 0.3) is 0 Å². The van der Waals surface area contributed by atoms with E-state index in [0.29, 0.717) is 12.6 Å². The van der Waals surface area contributed by atoms with E-state index < -0.39 is 12.1 Å². The lowest BCUT2D eigenvalue weighted by atomic mass is 9.93. The normalized spacial score (nSPS) is 30.2. The number of rotatable bonds is 1. The molecule has 5 heteroatoms. The first kappa shape index (κ1) is 13.1. The average Bonchev–Trinajstić information content (AvgIpc) is 2.55. The number of hydrogen-bond acceptors (Lipinski definition) is 2. The molecule has 0 aromatic rings. The van der Waals surface area contributed by atoms with Gasteiger partial charge in [-0.25, -0.2) is 0 Å². The molecule has 1 atom stereocenters. The van der Waals surface area contributed by atoms with Crippen molar-refractivity contribution in [2.45, 2.75) is 44.3 Å². The van der Waals surface area contributed by atoms with Gasteiger partial charge in [0.15, 0.2) is 0 Å². The lowest BCUT2D eigenvalue weighted by molar-refractivity contribution is -0.177. The number of nitrogens with zero attached hydrogens (tertiary/aromatic N) is 1. The molecule has 2 aliphatic rings. The molecular formula is C12H21F3N2. The van der Waals surface area contributed by atoms with Crippen LogP contribution in [0.4, 0.5) is 13.2 Å². The molecule has 1 aliphatic carbocycles. The van der Waals surface area contributed by atoms with Crippen molar-refractivity contribution >= 4 is 0 Å². The Morgan fingerprint density at radius 1 is 1.06 bits per heavy atom. The van der Waals surface area contributed by atoms with E-state index in [4.69, 9.17) is 0 Å². The average molecular weight is 250 g/mol. The summed E-state index contributed by atoms with van der Waals surface area (Å²) in [4.78, 5) is 2.07. The number of halogens is 3. The standard InChI is InChI=1S/C12H21F3N2/c13-12(14,15)10-8-16-6-7-17(9-10)11-4-2-1-3-5-11/h10-11,16H,1-9H2. The van der Waals surface area contributed by atoms with E-state index in [1.165, 1.54) is 19.3 Å². The zero-order valence-electron chi connectivity index (χ0n) is 10.1. The van der Waals surface area contributed by atoms with Crippen LogP contribution < -0.4 is 5.32 Å². The van der Waals surface area contributed by atoms with Crippen molar-refractivity contribution in [1.29, 1.82) is 0 Å². The summed E-state index contributed by atoms with van der Waals surface area (Å²) in [7, 11) is 0. The van der Waals surface area contributed by atoms with Crippen molar-refractivity contribution < 1.29 is 13.2 Å². The maximum Gasteiger partial charge on any atom is 0.394 e. The monoisotopic (exact) mass is 250 g/mol. The van der Waals surface area contributed by atoms with Crippen molar-refractivity contribution in [3.05, 3.63) is 0 Å². The molecule has 0 bridgehead atoms. The minimum atomic E-state index is -4.07. The molecule has 2 fully saturated rings. The zero-order chi connectivity index (χ0) is 12.3. The Balaban J connectivity index is 1.96. The first-order valence-electron chi connectivity index (χ1n) is 6.59. The van der Waals surface area contributed by atoms with Gasteiger partial charge in [0.05, 0.1) is 5.92 Å². The summed E-state index contributed by atoms with van der Waals surface area (Å²) in [6, 6.07) is 0.383. The van der Waals surface area contributed by atoms with E-state index in [0.717, 1.165) is 19.4 Å². The maximum atomic E-state index is 12.8. The van der Waals surface area contributed by atoms with Crippen molar-refractivity contribution in [3.8, 4) is 0 Å². The van der Waals surface area contributed by atoms with Gasteiger partial charge < -0.3 is 5.32 Å². The summed E-state index contributed by atoms with van der Waals surface area (Å²) in [5, 5.41) is 2.91. The van der Waals surface area contributed by atoms with Crippen LogP contribution in [0.3, 0.4) is 0 Å². The molecule has 100 valence electrons. The Labute approximate surface area is 101 Å². The second-order valence-electron chi connectivity index (χ2n) is 5.23. The second-order valence-corrected chi connectivity index (χ2v) is 5.23. The smallest absolute Gasteiger partial charge is 0.315 e. The van der Waals surface area contributed by atoms with Gasteiger partial charge in [0.1, 0.15) is 0 Å².